The number of aryl methyl sites for hydroxylation is 1. The first-order valence-corrected chi connectivity index (χ1v) is 11.2. The molecule has 0 bridgehead atoms. The average molecular weight is 493 g/mol. The number of hydrogen-bond donors (Lipinski definition) is 1. The van der Waals surface area contributed by atoms with Crippen molar-refractivity contribution in [1.82, 2.24) is 9.78 Å². The van der Waals surface area contributed by atoms with E-state index >= 15 is 0 Å². The number of alkyl halides is 3. The second-order valence-corrected chi connectivity index (χ2v) is 8.32. The highest BCUT2D eigenvalue weighted by atomic mass is 35.5. The van der Waals surface area contributed by atoms with Crippen molar-refractivity contribution < 1.29 is 27.9 Å². The largest absolute Gasteiger partial charge is 0.481 e. The zero-order valence-corrected chi connectivity index (χ0v) is 19.5. The smallest absolute Gasteiger partial charge is 0.417 e. The minimum Gasteiger partial charge on any atom is -0.481 e. The molecule has 5 nitrogen and oxygen atoms in total. The van der Waals surface area contributed by atoms with Gasteiger partial charge in [0.25, 0.3) is 0 Å². The number of Topliss-reactive ketones (excluding diaryl/α,β-unsaturated/α-hetero) is 1. The van der Waals surface area contributed by atoms with Crippen LogP contribution in [0.3, 0.4) is 0 Å². The highest BCUT2D eigenvalue weighted by Gasteiger charge is 2.33. The van der Waals surface area contributed by atoms with Crippen LogP contribution >= 0.6 is 11.6 Å². The van der Waals surface area contributed by atoms with Crippen molar-refractivity contribution in [3.8, 4) is 0 Å². The second-order valence-electron chi connectivity index (χ2n) is 7.92. The van der Waals surface area contributed by atoms with E-state index in [-0.39, 0.29) is 24.2 Å². The lowest BCUT2D eigenvalue weighted by atomic mass is 10.00. The average Bonchev–Trinajstić information content (AvgIpc) is 3.10. The fourth-order valence-electron chi connectivity index (χ4n) is 3.91. The summed E-state index contributed by atoms with van der Waals surface area (Å²) >= 11 is 5.64. The Morgan fingerprint density at radius 1 is 1.00 bits per heavy atom. The lowest BCUT2D eigenvalue weighted by Crippen LogP contribution is -2.10. The van der Waals surface area contributed by atoms with Crippen LogP contribution in [0.5, 0.6) is 0 Å². The number of ketones is 1. The molecule has 2 aromatic carbocycles. The van der Waals surface area contributed by atoms with Crippen LogP contribution < -0.4 is 0 Å². The van der Waals surface area contributed by atoms with Gasteiger partial charge in [-0.2, -0.15) is 18.3 Å². The van der Waals surface area contributed by atoms with Gasteiger partial charge in [-0.3, -0.25) is 14.3 Å². The normalized spacial score (nSPS) is 11.6. The van der Waals surface area contributed by atoms with Gasteiger partial charge in [0.05, 0.1) is 29.2 Å². The first-order valence-electron chi connectivity index (χ1n) is 10.8. The van der Waals surface area contributed by atoms with E-state index in [0.717, 1.165) is 34.6 Å². The van der Waals surface area contributed by atoms with Gasteiger partial charge in [-0.1, -0.05) is 55.8 Å². The second kappa shape index (κ2) is 10.4. The molecule has 0 aliphatic rings. The third kappa shape index (κ3) is 5.86. The SMILES string of the molecule is CCc1nn(Cc2ccc(C(=O)Cc3ccc(Cl)c(C(F)(F)F)c3)cc2)c(CC)c1CC(=O)O. The third-order valence-electron chi connectivity index (χ3n) is 5.56. The van der Waals surface area contributed by atoms with E-state index in [9.17, 15) is 27.9 Å². The number of carbonyl (C=O) groups excluding carboxylic acids is 1. The highest BCUT2D eigenvalue weighted by Crippen LogP contribution is 2.35. The van der Waals surface area contributed by atoms with Crippen LogP contribution in [0.4, 0.5) is 13.2 Å². The summed E-state index contributed by atoms with van der Waals surface area (Å²) in [5.74, 6) is -1.22. The van der Waals surface area contributed by atoms with Crippen LogP contribution in [0.15, 0.2) is 42.5 Å². The fraction of sp³-hybridized carbons (Fsp3) is 0.320. The molecular weight excluding hydrogens is 469 g/mol. The Morgan fingerprint density at radius 3 is 2.21 bits per heavy atom. The number of aliphatic carboxylic acids is 1. The minimum absolute atomic E-state index is 0.0828. The highest BCUT2D eigenvalue weighted by molar-refractivity contribution is 6.31. The molecule has 1 aromatic heterocycles. The van der Waals surface area contributed by atoms with Gasteiger partial charge in [0.1, 0.15) is 0 Å². The molecule has 180 valence electrons. The Labute approximate surface area is 200 Å². The predicted octanol–water partition coefficient (Wildman–Crippen LogP) is 5.78. The first-order chi connectivity index (χ1) is 16.0. The van der Waals surface area contributed by atoms with Crippen LogP contribution in [0.2, 0.25) is 5.02 Å². The summed E-state index contributed by atoms with van der Waals surface area (Å²) < 4.78 is 41.0. The Bertz CT molecular complexity index is 1200. The third-order valence-corrected chi connectivity index (χ3v) is 5.89. The summed E-state index contributed by atoms with van der Waals surface area (Å²) in [6.07, 6.45) is -3.61. The van der Waals surface area contributed by atoms with E-state index in [2.05, 4.69) is 5.10 Å². The number of carboxylic acid groups (broad SMARTS) is 1. The van der Waals surface area contributed by atoms with Gasteiger partial charge in [-0.05, 0) is 36.1 Å². The van der Waals surface area contributed by atoms with Gasteiger partial charge >= 0.3 is 12.1 Å². The van der Waals surface area contributed by atoms with E-state index in [1.165, 1.54) is 6.07 Å². The molecule has 0 atom stereocenters. The number of halogens is 4. The molecule has 9 heteroatoms. The topological polar surface area (TPSA) is 72.2 Å². The van der Waals surface area contributed by atoms with Crippen molar-refractivity contribution in [2.24, 2.45) is 0 Å². The minimum atomic E-state index is -4.59. The number of hydrogen-bond acceptors (Lipinski definition) is 3. The van der Waals surface area contributed by atoms with Gasteiger partial charge in [0, 0.05) is 23.2 Å². The fourth-order valence-corrected chi connectivity index (χ4v) is 4.14. The molecule has 0 fully saturated rings. The molecule has 0 unspecified atom stereocenters. The van der Waals surface area contributed by atoms with Gasteiger partial charge in [-0.25, -0.2) is 0 Å². The van der Waals surface area contributed by atoms with Crippen LogP contribution in [0, 0.1) is 0 Å². The molecule has 0 spiro atoms. The Balaban J connectivity index is 1.77. The van der Waals surface area contributed by atoms with Crippen molar-refractivity contribution >= 4 is 23.4 Å². The number of aromatic nitrogens is 2. The predicted molar refractivity (Wildman–Crippen MR) is 122 cm³/mol. The number of rotatable bonds is 9. The van der Waals surface area contributed by atoms with Crippen molar-refractivity contribution in [2.75, 3.05) is 0 Å². The van der Waals surface area contributed by atoms with Crippen LogP contribution in [-0.4, -0.2) is 26.6 Å². The quantitative estimate of drug-likeness (QED) is 0.384. The van der Waals surface area contributed by atoms with E-state index < -0.39 is 22.7 Å². The zero-order chi connectivity index (χ0) is 25.0. The van der Waals surface area contributed by atoms with Crippen molar-refractivity contribution in [3.05, 3.63) is 86.7 Å². The number of carboxylic acids is 1. The van der Waals surface area contributed by atoms with Crippen molar-refractivity contribution in [2.45, 2.75) is 52.3 Å². The van der Waals surface area contributed by atoms with Gasteiger partial charge in [0.15, 0.2) is 5.78 Å². The van der Waals surface area contributed by atoms with E-state index in [4.69, 9.17) is 11.6 Å². The van der Waals surface area contributed by atoms with Crippen molar-refractivity contribution in [3.63, 3.8) is 0 Å². The van der Waals surface area contributed by atoms with Crippen molar-refractivity contribution in [1.29, 1.82) is 0 Å². The summed E-state index contributed by atoms with van der Waals surface area (Å²) in [5.41, 5.74) is 2.87. The number of nitrogens with zero attached hydrogens (tertiary/aromatic N) is 2. The molecule has 0 aliphatic carbocycles. The molecule has 3 rings (SSSR count). The summed E-state index contributed by atoms with van der Waals surface area (Å²) in [7, 11) is 0. The molecule has 34 heavy (non-hydrogen) atoms. The molecule has 0 radical (unpaired) electrons. The maximum Gasteiger partial charge on any atom is 0.417 e. The maximum atomic E-state index is 13.1. The van der Waals surface area contributed by atoms with Gasteiger partial charge in [-0.15, -0.1) is 0 Å². The van der Waals surface area contributed by atoms with E-state index in [1.54, 1.807) is 28.9 Å². The molecule has 1 N–H and O–H groups in total. The molecule has 0 saturated carbocycles. The molecular formula is C25H24ClF3N2O3. The maximum absolute atomic E-state index is 13.1. The van der Waals surface area contributed by atoms with E-state index in [1.807, 2.05) is 13.8 Å². The van der Waals surface area contributed by atoms with Crippen LogP contribution in [0.1, 0.15) is 57.8 Å². The molecule has 0 saturated heterocycles. The van der Waals surface area contributed by atoms with Gasteiger partial charge in [0.2, 0.25) is 0 Å². The summed E-state index contributed by atoms with van der Waals surface area (Å²) in [4.78, 5) is 23.9. The zero-order valence-electron chi connectivity index (χ0n) is 18.7. The number of carbonyl (C=O) groups is 2. The summed E-state index contributed by atoms with van der Waals surface area (Å²) in [6.45, 7) is 4.29. The van der Waals surface area contributed by atoms with E-state index in [0.29, 0.717) is 24.9 Å². The first kappa shape index (κ1) is 25.5. The van der Waals surface area contributed by atoms with Crippen LogP contribution in [-0.2, 0) is 43.2 Å². The molecule has 0 amide bonds. The summed E-state index contributed by atoms with van der Waals surface area (Å²) in [5, 5.41) is 13.4. The molecule has 3 aromatic rings. The Kier molecular flexibility index (Phi) is 7.82. The molecule has 0 aliphatic heterocycles. The van der Waals surface area contributed by atoms with Crippen LogP contribution in [0.25, 0.3) is 0 Å². The number of benzene rings is 2. The standard InChI is InChI=1S/C25H24ClF3N2O3/c1-3-21-18(13-24(33)34)22(4-2)31(30-21)14-15-5-8-17(9-6-15)23(32)12-16-7-10-20(26)19(11-16)25(27,28)29/h5-11H,3-4,12-14H2,1-2H3,(H,33,34). The van der Waals surface area contributed by atoms with Gasteiger partial charge < -0.3 is 5.11 Å². The monoisotopic (exact) mass is 492 g/mol. The lowest BCUT2D eigenvalue weighted by Gasteiger charge is -2.11. The molecule has 1 heterocycles. The Morgan fingerprint density at radius 2 is 1.65 bits per heavy atom. The Hall–Kier alpha value is -3.13. The lowest BCUT2D eigenvalue weighted by molar-refractivity contribution is -0.138. The summed E-state index contributed by atoms with van der Waals surface area (Å²) in [6, 6.07) is 10.2.